The van der Waals surface area contributed by atoms with Crippen LogP contribution in [0.15, 0.2) is 60.7 Å². The summed E-state index contributed by atoms with van der Waals surface area (Å²) in [4.78, 5) is 0. The Kier molecular flexibility index (Phi) is 9.37. The van der Waals surface area contributed by atoms with Crippen molar-refractivity contribution < 1.29 is 5.11 Å². The summed E-state index contributed by atoms with van der Waals surface area (Å²) in [5.74, 6) is 0. The van der Waals surface area contributed by atoms with Crippen LogP contribution in [0.4, 0.5) is 0 Å². The fourth-order valence-electron chi connectivity index (χ4n) is 1.64. The highest BCUT2D eigenvalue weighted by molar-refractivity contribution is 14.1. The molecule has 1 N–H and O–H groups in total. The van der Waals surface area contributed by atoms with Crippen LogP contribution in [0.1, 0.15) is 19.3 Å². The molecular weight excluding hydrogens is 347 g/mol. The Morgan fingerprint density at radius 2 is 1.16 bits per heavy atom. The lowest BCUT2D eigenvalue weighted by Gasteiger charge is -1.98. The van der Waals surface area contributed by atoms with Gasteiger partial charge in [-0.15, -0.1) is 0 Å². The third-order valence-electron chi connectivity index (χ3n) is 2.67. The topological polar surface area (TPSA) is 20.2 Å². The standard InChI is InChI=1S/C12H10.C5H11IO/c1-3-7-11(8-4-1)12-9-5-2-6-10-12;6-4-2-1-3-5-7/h1-10H;7H,1-5H2. The maximum Gasteiger partial charge on any atom is 0.0431 e. The van der Waals surface area contributed by atoms with Crippen molar-refractivity contribution in [3.63, 3.8) is 0 Å². The number of rotatable bonds is 5. The van der Waals surface area contributed by atoms with Crippen molar-refractivity contribution in [3.8, 4) is 11.1 Å². The van der Waals surface area contributed by atoms with E-state index in [0.29, 0.717) is 6.61 Å². The van der Waals surface area contributed by atoms with Crippen LogP contribution in [0.25, 0.3) is 11.1 Å². The van der Waals surface area contributed by atoms with Gasteiger partial charge in [0.2, 0.25) is 0 Å². The fraction of sp³-hybridized carbons (Fsp3) is 0.294. The molecule has 19 heavy (non-hydrogen) atoms. The normalized spacial score (nSPS) is 9.58. The molecule has 0 radical (unpaired) electrons. The first-order valence-electron chi connectivity index (χ1n) is 6.65. The number of unbranched alkanes of at least 4 members (excludes halogenated alkanes) is 2. The SMILES string of the molecule is OCCCCCI.c1ccc(-c2ccccc2)cc1. The zero-order valence-electron chi connectivity index (χ0n) is 11.1. The van der Waals surface area contributed by atoms with Gasteiger partial charge in [-0.05, 0) is 28.4 Å². The second kappa shape index (κ2) is 11.0. The van der Waals surface area contributed by atoms with Crippen molar-refractivity contribution in [2.45, 2.75) is 19.3 Å². The van der Waals surface area contributed by atoms with Gasteiger partial charge >= 0.3 is 0 Å². The summed E-state index contributed by atoms with van der Waals surface area (Å²) in [6.45, 7) is 0.358. The van der Waals surface area contributed by atoms with E-state index in [1.165, 1.54) is 28.4 Å². The van der Waals surface area contributed by atoms with Gasteiger partial charge < -0.3 is 5.11 Å². The lowest BCUT2D eigenvalue weighted by atomic mass is 10.1. The van der Waals surface area contributed by atoms with Crippen molar-refractivity contribution in [1.82, 2.24) is 0 Å². The van der Waals surface area contributed by atoms with Crippen LogP contribution < -0.4 is 0 Å². The predicted molar refractivity (Wildman–Crippen MR) is 91.7 cm³/mol. The lowest BCUT2D eigenvalue weighted by molar-refractivity contribution is 0.284. The van der Waals surface area contributed by atoms with Gasteiger partial charge in [0.05, 0.1) is 0 Å². The molecule has 2 aromatic rings. The molecule has 0 spiro atoms. The van der Waals surface area contributed by atoms with Gasteiger partial charge in [-0.2, -0.15) is 0 Å². The van der Waals surface area contributed by atoms with Crippen molar-refractivity contribution >= 4 is 22.6 Å². The number of aliphatic hydroxyl groups excluding tert-OH is 1. The number of hydrogen-bond donors (Lipinski definition) is 1. The number of halogens is 1. The molecule has 2 rings (SSSR count). The Labute approximate surface area is 129 Å². The first-order chi connectivity index (χ1) is 9.38. The van der Waals surface area contributed by atoms with Gasteiger partial charge in [-0.3, -0.25) is 0 Å². The Morgan fingerprint density at radius 1 is 0.684 bits per heavy atom. The number of alkyl halides is 1. The molecule has 0 heterocycles. The van der Waals surface area contributed by atoms with Crippen molar-refractivity contribution in [1.29, 1.82) is 0 Å². The van der Waals surface area contributed by atoms with Gasteiger partial charge in [0.25, 0.3) is 0 Å². The minimum atomic E-state index is 0.358. The number of hydrogen-bond acceptors (Lipinski definition) is 1. The minimum absolute atomic E-state index is 0.358. The van der Waals surface area contributed by atoms with E-state index in [2.05, 4.69) is 71.1 Å². The summed E-state index contributed by atoms with van der Waals surface area (Å²) in [5.41, 5.74) is 2.55. The highest BCUT2D eigenvalue weighted by atomic mass is 127. The van der Waals surface area contributed by atoms with Crippen LogP contribution >= 0.6 is 22.6 Å². The first kappa shape index (κ1) is 16.2. The van der Waals surface area contributed by atoms with Crippen molar-refractivity contribution in [2.75, 3.05) is 11.0 Å². The summed E-state index contributed by atoms with van der Waals surface area (Å²) in [6.07, 6.45) is 3.41. The van der Waals surface area contributed by atoms with Crippen molar-refractivity contribution in [2.24, 2.45) is 0 Å². The van der Waals surface area contributed by atoms with E-state index < -0.39 is 0 Å². The molecule has 0 aliphatic heterocycles. The molecule has 0 amide bonds. The second-order valence-electron chi connectivity index (χ2n) is 4.21. The summed E-state index contributed by atoms with van der Waals surface area (Å²) in [5, 5.41) is 8.29. The quantitative estimate of drug-likeness (QED) is 0.450. The highest BCUT2D eigenvalue weighted by Gasteiger charge is 1.91. The Balaban J connectivity index is 0.000000224. The van der Waals surface area contributed by atoms with Gasteiger partial charge in [0.1, 0.15) is 0 Å². The summed E-state index contributed by atoms with van der Waals surface area (Å²) >= 11 is 2.35. The fourth-order valence-corrected chi connectivity index (χ4v) is 2.18. The van der Waals surface area contributed by atoms with E-state index in [4.69, 9.17) is 5.11 Å². The van der Waals surface area contributed by atoms with Crippen LogP contribution in [-0.2, 0) is 0 Å². The molecule has 1 nitrogen and oxygen atoms in total. The summed E-state index contributed by atoms with van der Waals surface area (Å²) < 4.78 is 1.22. The molecule has 0 aliphatic carbocycles. The monoisotopic (exact) mass is 368 g/mol. The molecule has 0 bridgehead atoms. The van der Waals surface area contributed by atoms with E-state index in [9.17, 15) is 0 Å². The van der Waals surface area contributed by atoms with Crippen molar-refractivity contribution in [3.05, 3.63) is 60.7 Å². The average molecular weight is 368 g/mol. The third-order valence-corrected chi connectivity index (χ3v) is 3.44. The Morgan fingerprint density at radius 3 is 1.53 bits per heavy atom. The van der Waals surface area contributed by atoms with E-state index >= 15 is 0 Å². The summed E-state index contributed by atoms with van der Waals surface area (Å²) in [6, 6.07) is 20.8. The molecule has 0 saturated heterocycles. The largest absolute Gasteiger partial charge is 0.396 e. The Bertz CT molecular complexity index is 372. The van der Waals surface area contributed by atoms with E-state index in [1.54, 1.807) is 0 Å². The van der Waals surface area contributed by atoms with Crippen LogP contribution in [0.5, 0.6) is 0 Å². The molecule has 0 fully saturated rings. The molecular formula is C17H21IO. The molecule has 0 aliphatic rings. The summed E-state index contributed by atoms with van der Waals surface area (Å²) in [7, 11) is 0. The second-order valence-corrected chi connectivity index (χ2v) is 5.28. The van der Waals surface area contributed by atoms with Crippen LogP contribution in [0, 0.1) is 0 Å². The number of benzene rings is 2. The third kappa shape index (κ3) is 7.33. The Hall–Kier alpha value is -0.870. The van der Waals surface area contributed by atoms with Gasteiger partial charge in [0, 0.05) is 6.61 Å². The van der Waals surface area contributed by atoms with Crippen LogP contribution in [0.2, 0.25) is 0 Å². The van der Waals surface area contributed by atoms with E-state index in [1.807, 2.05) is 12.1 Å². The molecule has 0 atom stereocenters. The van der Waals surface area contributed by atoms with E-state index in [-0.39, 0.29) is 0 Å². The first-order valence-corrected chi connectivity index (χ1v) is 8.18. The lowest BCUT2D eigenvalue weighted by Crippen LogP contribution is -1.81. The minimum Gasteiger partial charge on any atom is -0.396 e. The zero-order chi connectivity index (χ0) is 13.8. The average Bonchev–Trinajstić information content (AvgIpc) is 2.50. The smallest absolute Gasteiger partial charge is 0.0431 e. The maximum absolute atomic E-state index is 8.29. The van der Waals surface area contributed by atoms with Gasteiger partial charge in [-0.1, -0.05) is 89.7 Å². The van der Waals surface area contributed by atoms with E-state index in [0.717, 1.165) is 6.42 Å². The number of aliphatic hydroxyl groups is 1. The van der Waals surface area contributed by atoms with Gasteiger partial charge in [0.15, 0.2) is 0 Å². The molecule has 0 aromatic heterocycles. The molecule has 2 heteroatoms. The predicted octanol–water partition coefficient (Wildman–Crippen LogP) is 4.94. The maximum atomic E-state index is 8.29. The van der Waals surface area contributed by atoms with Gasteiger partial charge in [-0.25, -0.2) is 0 Å². The zero-order valence-corrected chi connectivity index (χ0v) is 13.3. The van der Waals surface area contributed by atoms with Crippen LogP contribution in [0.3, 0.4) is 0 Å². The molecule has 2 aromatic carbocycles. The van der Waals surface area contributed by atoms with Crippen LogP contribution in [-0.4, -0.2) is 16.1 Å². The highest BCUT2D eigenvalue weighted by Crippen LogP contribution is 2.17. The molecule has 102 valence electrons. The molecule has 0 saturated carbocycles. The molecule has 0 unspecified atom stereocenters.